The molecule has 23 heteroatoms. The van der Waals surface area contributed by atoms with Crippen molar-refractivity contribution in [2.24, 2.45) is 0 Å². The van der Waals surface area contributed by atoms with E-state index >= 15 is 0 Å². The summed E-state index contributed by atoms with van der Waals surface area (Å²) in [5, 5.41) is 56.6. The van der Waals surface area contributed by atoms with Gasteiger partial charge in [-0.25, -0.2) is 13.7 Å². The normalized spacial score (nSPS) is 28.2. The van der Waals surface area contributed by atoms with Crippen molar-refractivity contribution in [3.8, 4) is 6.01 Å². The lowest BCUT2D eigenvalue weighted by Gasteiger charge is -2.32. The Hall–Kier alpha value is -1.15. The fraction of sp³-hybridized carbons (Fsp3) is 0.714. The number of aliphatic hydroxyl groups excluding tert-OH is 4. The molecular weight excluding hydrogens is 575 g/mol. The van der Waals surface area contributed by atoms with Gasteiger partial charge in [-0.15, -0.1) is 0 Å². The summed E-state index contributed by atoms with van der Waals surface area (Å²) in [5.74, 6) is 0. The second-order valence-corrected chi connectivity index (χ2v) is 12.0. The highest BCUT2D eigenvalue weighted by atomic mass is 31.3. The predicted molar refractivity (Wildman–Crippen MR) is 113 cm³/mol. The molecule has 8 atom stereocenters. The van der Waals surface area contributed by atoms with Crippen molar-refractivity contribution < 1.29 is 81.4 Å². The second kappa shape index (κ2) is 11.9. The van der Waals surface area contributed by atoms with Gasteiger partial charge in [-0.3, -0.25) is 23.5 Å². The number of rotatable bonds is 13. The Labute approximate surface area is 207 Å². The van der Waals surface area contributed by atoms with Crippen molar-refractivity contribution in [1.82, 2.24) is 9.55 Å². The topological polar surface area (TPSA) is 321 Å². The fourth-order valence-corrected chi connectivity index (χ4v) is 5.68. The molecule has 1 aliphatic rings. The minimum Gasteiger partial charge on any atom is -0.480 e. The lowest BCUT2D eigenvalue weighted by molar-refractivity contribution is -0.101. The smallest absolute Gasteiger partial charge is 0.480 e. The van der Waals surface area contributed by atoms with E-state index in [-0.39, 0.29) is 5.49 Å². The molecule has 1 aromatic rings. The van der Waals surface area contributed by atoms with E-state index in [4.69, 9.17) is 19.9 Å². The van der Waals surface area contributed by atoms with Crippen molar-refractivity contribution in [3.05, 3.63) is 17.8 Å². The molecule has 0 bridgehead atoms. The molecule has 0 amide bonds. The molecule has 0 saturated carbocycles. The number of aromatic hydroxyl groups is 1. The van der Waals surface area contributed by atoms with E-state index < -0.39 is 85.5 Å². The predicted octanol–water partition coefficient (Wildman–Crippen LogP) is -2.84. The van der Waals surface area contributed by atoms with Crippen LogP contribution in [-0.2, 0) is 36.3 Å². The Morgan fingerprint density at radius 2 is 1.76 bits per heavy atom. The third-order valence-electron chi connectivity index (χ3n) is 4.81. The van der Waals surface area contributed by atoms with Crippen molar-refractivity contribution in [3.63, 3.8) is 0 Å². The van der Waals surface area contributed by atoms with E-state index in [0.29, 0.717) is 0 Å². The van der Waals surface area contributed by atoms with Crippen LogP contribution in [0.4, 0.5) is 0 Å². The van der Waals surface area contributed by atoms with E-state index in [2.05, 4.69) is 22.9 Å². The number of phosphoric acid groups is 3. The first-order valence-electron chi connectivity index (χ1n) is 9.85. The van der Waals surface area contributed by atoms with Gasteiger partial charge in [-0.2, -0.15) is 9.29 Å². The molecule has 37 heavy (non-hydrogen) atoms. The first kappa shape index (κ1) is 32.1. The molecule has 0 spiro atoms. The van der Waals surface area contributed by atoms with Gasteiger partial charge in [-0.05, 0) is 13.0 Å². The molecule has 1 saturated heterocycles. The van der Waals surface area contributed by atoms with Crippen LogP contribution in [0.1, 0.15) is 13.2 Å². The van der Waals surface area contributed by atoms with Gasteiger partial charge in [0.25, 0.3) is 6.01 Å². The van der Waals surface area contributed by atoms with Gasteiger partial charge in [-0.1, -0.05) is 0 Å². The largest absolute Gasteiger partial charge is 0.481 e. The van der Waals surface area contributed by atoms with Gasteiger partial charge >= 0.3 is 23.5 Å². The number of nitrogens with one attached hydrogen (secondary N) is 1. The molecule has 0 aliphatic carbocycles. The summed E-state index contributed by atoms with van der Waals surface area (Å²) < 4.78 is 58.3. The molecule has 1 fully saturated rings. The zero-order chi connectivity index (χ0) is 28.4. The number of ether oxygens (including phenoxy) is 1. The van der Waals surface area contributed by atoms with E-state index in [1.165, 1.54) is 0 Å². The van der Waals surface area contributed by atoms with E-state index in [0.717, 1.165) is 23.8 Å². The number of nitrogens with zero attached hydrogens (tertiary/aromatic N) is 2. The summed E-state index contributed by atoms with van der Waals surface area (Å²) in [6.07, 6.45) is -7.53. The van der Waals surface area contributed by atoms with Crippen LogP contribution in [-0.4, -0.2) is 104 Å². The first-order chi connectivity index (χ1) is 16.8. The maximum absolute atomic E-state index is 12.1. The molecule has 214 valence electrons. The summed E-state index contributed by atoms with van der Waals surface area (Å²) in [5.41, 5.74) is -2.70. The highest BCUT2D eigenvalue weighted by Gasteiger charge is 2.47. The van der Waals surface area contributed by atoms with Crippen LogP contribution in [0.25, 0.3) is 0 Å². The molecule has 1 aliphatic heterocycles. The average molecular weight is 601 g/mol. The Morgan fingerprint density at radius 3 is 2.30 bits per heavy atom. The molecule has 0 radical (unpaired) electrons. The summed E-state index contributed by atoms with van der Waals surface area (Å²) >= 11 is 0. The third-order valence-corrected chi connectivity index (χ3v) is 8.06. The standard InChI is InChI=1S/C14H26N3O17P3/c1-14(6-18,33-35(23,24)25)8(19)5-31-37(28,29)34-36(26,27)30-4-7-10(20)11(21)12(32-7)17-3-2-9(15)16-13(17)22/h2-3,7-8,10-12,18-21H,4-6H2,1H3,(H,26,27)(H,28,29)(H2,15,16,22)(H2,23,24,25)/t7-,8?,10-,11-,12-,14+/m1/s1. The summed E-state index contributed by atoms with van der Waals surface area (Å²) in [7, 11) is -16.2. The number of aliphatic hydroxyl groups is 4. The maximum Gasteiger partial charge on any atom is 0.481 e. The van der Waals surface area contributed by atoms with Crippen LogP contribution >= 0.6 is 23.5 Å². The Bertz CT molecular complexity index is 1140. The number of hydrogen-bond donors (Lipinski definition) is 10. The highest BCUT2D eigenvalue weighted by molar-refractivity contribution is 7.61. The van der Waals surface area contributed by atoms with Crippen molar-refractivity contribution in [2.45, 2.75) is 43.2 Å². The Kier molecular flexibility index (Phi) is 10.3. The molecule has 3 unspecified atom stereocenters. The minimum atomic E-state index is -5.50. The lowest BCUT2D eigenvalue weighted by atomic mass is 10.0. The molecular formula is C14H26N3O17P3. The van der Waals surface area contributed by atoms with Crippen LogP contribution in [0, 0.1) is 5.41 Å². The van der Waals surface area contributed by atoms with Gasteiger partial charge in [0.05, 0.1) is 19.8 Å². The van der Waals surface area contributed by atoms with Crippen molar-refractivity contribution in [1.29, 1.82) is 5.41 Å². The lowest BCUT2D eigenvalue weighted by Crippen LogP contribution is -2.47. The third kappa shape index (κ3) is 8.94. The second-order valence-electron chi connectivity index (χ2n) is 7.75. The monoisotopic (exact) mass is 601 g/mol. The van der Waals surface area contributed by atoms with Crippen molar-refractivity contribution >= 4 is 23.5 Å². The van der Waals surface area contributed by atoms with Gasteiger partial charge in [0.2, 0.25) is 0 Å². The van der Waals surface area contributed by atoms with Crippen LogP contribution < -0.4 is 5.49 Å². The highest BCUT2D eigenvalue weighted by Crippen LogP contribution is 2.60. The Balaban J connectivity index is 1.97. The molecule has 10 N–H and O–H groups in total. The van der Waals surface area contributed by atoms with Gasteiger partial charge in [0, 0.05) is 6.20 Å². The number of phosphoric ester groups is 3. The zero-order valence-corrected chi connectivity index (χ0v) is 21.4. The first-order valence-corrected chi connectivity index (χ1v) is 14.4. The number of hydrogen-bond acceptors (Lipinski definition) is 15. The van der Waals surface area contributed by atoms with Crippen molar-refractivity contribution in [2.75, 3.05) is 19.8 Å². The van der Waals surface area contributed by atoms with Crippen LogP contribution in [0.5, 0.6) is 6.01 Å². The van der Waals surface area contributed by atoms with E-state index in [1.807, 2.05) is 0 Å². The molecule has 2 heterocycles. The molecule has 1 aromatic heterocycles. The zero-order valence-electron chi connectivity index (χ0n) is 18.7. The SMILES string of the molecule is C[C@@](CO)(OP(=O)(O)O)C(O)COP(=O)(O)OP(=O)(O)OC[C@H]1O[C@@H](n2ccc(=N)nc2O)[C@H](O)[C@@H]1O. The summed E-state index contributed by atoms with van der Waals surface area (Å²) in [4.78, 5) is 40.5. The van der Waals surface area contributed by atoms with Gasteiger partial charge in [0.15, 0.2) is 11.7 Å². The van der Waals surface area contributed by atoms with Crippen LogP contribution in [0.3, 0.4) is 0 Å². The van der Waals surface area contributed by atoms with Gasteiger partial charge in [0.1, 0.15) is 30.0 Å². The van der Waals surface area contributed by atoms with Crippen LogP contribution in [0.15, 0.2) is 12.3 Å². The summed E-state index contributed by atoms with van der Waals surface area (Å²) in [6, 6.07) is 0.365. The van der Waals surface area contributed by atoms with Crippen LogP contribution in [0.2, 0.25) is 0 Å². The Morgan fingerprint density at radius 1 is 1.16 bits per heavy atom. The fourth-order valence-electron chi connectivity index (χ4n) is 2.87. The molecule has 2 rings (SSSR count). The average Bonchev–Trinajstić information content (AvgIpc) is 3.02. The van der Waals surface area contributed by atoms with E-state index in [1.54, 1.807) is 0 Å². The van der Waals surface area contributed by atoms with Gasteiger partial charge < -0.3 is 49.8 Å². The maximum atomic E-state index is 12.1. The molecule has 20 nitrogen and oxygen atoms in total. The molecule has 0 aromatic carbocycles. The summed E-state index contributed by atoms with van der Waals surface area (Å²) in [6.45, 7) is -2.64. The quantitative estimate of drug-likeness (QED) is 0.102. The minimum absolute atomic E-state index is 0.321. The number of aromatic nitrogens is 2. The van der Waals surface area contributed by atoms with E-state index in [9.17, 15) is 49.0 Å².